The lowest BCUT2D eigenvalue weighted by Gasteiger charge is -2.35. The zero-order valence-corrected chi connectivity index (χ0v) is 18.5. The quantitative estimate of drug-likeness (QED) is 0.726. The molecule has 1 aromatic carbocycles. The Bertz CT molecular complexity index is 1130. The predicted octanol–water partition coefficient (Wildman–Crippen LogP) is 3.91. The first-order valence-corrected chi connectivity index (χ1v) is 11.0. The molecule has 0 radical (unpaired) electrons. The van der Waals surface area contributed by atoms with Crippen LogP contribution in [-0.4, -0.2) is 37.0 Å². The van der Waals surface area contributed by atoms with Gasteiger partial charge in [0.25, 0.3) is 5.91 Å². The van der Waals surface area contributed by atoms with Gasteiger partial charge in [0.1, 0.15) is 11.9 Å². The lowest BCUT2D eigenvalue weighted by atomic mass is 9.77. The highest BCUT2D eigenvalue weighted by Gasteiger charge is 2.52. The van der Waals surface area contributed by atoms with Crippen molar-refractivity contribution < 1.29 is 23.8 Å². The fourth-order valence-corrected chi connectivity index (χ4v) is 5.08. The first kappa shape index (κ1) is 20.5. The van der Waals surface area contributed by atoms with E-state index >= 15 is 0 Å². The lowest BCUT2D eigenvalue weighted by Crippen LogP contribution is -2.39. The van der Waals surface area contributed by atoms with E-state index in [0.717, 1.165) is 36.9 Å². The van der Waals surface area contributed by atoms with Crippen LogP contribution in [0.3, 0.4) is 0 Å². The summed E-state index contributed by atoms with van der Waals surface area (Å²) in [4.78, 5) is 33.5. The number of nitrogens with zero attached hydrogens (tertiary/aromatic N) is 2. The number of Topliss-reactive ketones (excluding diaryl/α,β-unsaturated/α-hetero) is 1. The molecule has 0 bridgehead atoms. The van der Waals surface area contributed by atoms with Crippen molar-refractivity contribution in [3.05, 3.63) is 59.0 Å². The third kappa shape index (κ3) is 3.15. The number of ketones is 1. The Morgan fingerprint density at radius 3 is 2.56 bits per heavy atom. The summed E-state index contributed by atoms with van der Waals surface area (Å²) in [6, 6.07) is 10.3. The lowest BCUT2D eigenvalue weighted by molar-refractivity contribution is -0.131. The van der Waals surface area contributed by atoms with E-state index in [2.05, 4.69) is 4.98 Å². The van der Waals surface area contributed by atoms with Gasteiger partial charge in [0.05, 0.1) is 31.8 Å². The van der Waals surface area contributed by atoms with Gasteiger partial charge in [0.2, 0.25) is 0 Å². The van der Waals surface area contributed by atoms with Crippen molar-refractivity contribution in [3.63, 3.8) is 0 Å². The van der Waals surface area contributed by atoms with Gasteiger partial charge in [-0.3, -0.25) is 14.5 Å². The summed E-state index contributed by atoms with van der Waals surface area (Å²) < 4.78 is 17.1. The van der Waals surface area contributed by atoms with Crippen LogP contribution in [0.25, 0.3) is 0 Å². The number of benzene rings is 1. The molecule has 3 unspecified atom stereocenters. The molecule has 32 heavy (non-hydrogen) atoms. The maximum absolute atomic E-state index is 13.7. The van der Waals surface area contributed by atoms with Crippen LogP contribution in [-0.2, 0) is 14.3 Å². The normalized spacial score (nSPS) is 24.7. The minimum atomic E-state index is -0.637. The second-order valence-corrected chi connectivity index (χ2v) is 8.48. The molecule has 1 saturated carbocycles. The van der Waals surface area contributed by atoms with Gasteiger partial charge in [-0.15, -0.1) is 0 Å². The van der Waals surface area contributed by atoms with Crippen LogP contribution in [0.2, 0.25) is 0 Å². The third-order valence-corrected chi connectivity index (χ3v) is 6.61. The molecule has 166 valence electrons. The standard InChI is InChI=1S/C25H26N2O5/c1-14-7-6-10-20(26-14)27-22(15-11-12-18(30-2)19(13-15)31-3)21-23(28)16-8-4-5-9-17(16)32-24(21)25(27)29/h6-7,10-13,16-17,22H,4-5,8-9H2,1-3H3. The summed E-state index contributed by atoms with van der Waals surface area (Å²) in [7, 11) is 3.13. The zero-order chi connectivity index (χ0) is 22.4. The molecule has 3 aliphatic rings. The summed E-state index contributed by atoms with van der Waals surface area (Å²) in [6.45, 7) is 1.87. The Labute approximate surface area is 187 Å². The summed E-state index contributed by atoms with van der Waals surface area (Å²) in [5.41, 5.74) is 1.95. The van der Waals surface area contributed by atoms with Gasteiger partial charge in [-0.05, 0) is 56.0 Å². The van der Waals surface area contributed by atoms with Gasteiger partial charge >= 0.3 is 0 Å². The summed E-state index contributed by atoms with van der Waals surface area (Å²) >= 11 is 0. The minimum Gasteiger partial charge on any atom is -0.493 e. The number of hydrogen-bond acceptors (Lipinski definition) is 6. The summed E-state index contributed by atoms with van der Waals surface area (Å²) in [6.07, 6.45) is 3.36. The Kier molecular flexibility index (Phi) is 5.12. The molecule has 5 rings (SSSR count). The highest BCUT2D eigenvalue weighted by atomic mass is 16.5. The van der Waals surface area contributed by atoms with E-state index < -0.39 is 6.04 Å². The van der Waals surface area contributed by atoms with Gasteiger partial charge < -0.3 is 14.2 Å². The summed E-state index contributed by atoms with van der Waals surface area (Å²) in [5, 5.41) is 0. The average molecular weight is 434 g/mol. The number of aromatic nitrogens is 1. The number of carbonyl (C=O) groups excluding carboxylic acids is 2. The van der Waals surface area contributed by atoms with Crippen LogP contribution in [0.5, 0.6) is 11.5 Å². The van der Waals surface area contributed by atoms with Crippen molar-refractivity contribution in [2.75, 3.05) is 19.1 Å². The van der Waals surface area contributed by atoms with Gasteiger partial charge in [-0.1, -0.05) is 18.6 Å². The topological polar surface area (TPSA) is 78.0 Å². The molecular formula is C25H26N2O5. The van der Waals surface area contributed by atoms with Crippen LogP contribution in [0.15, 0.2) is 47.7 Å². The van der Waals surface area contributed by atoms with E-state index in [1.165, 1.54) is 0 Å². The van der Waals surface area contributed by atoms with E-state index in [1.54, 1.807) is 31.3 Å². The molecule has 2 aromatic rings. The van der Waals surface area contributed by atoms with Crippen molar-refractivity contribution in [1.82, 2.24) is 4.98 Å². The highest BCUT2D eigenvalue weighted by molar-refractivity contribution is 6.17. The fraction of sp³-hybridized carbons (Fsp3) is 0.400. The molecular weight excluding hydrogens is 408 g/mol. The fourth-order valence-electron chi connectivity index (χ4n) is 5.08. The largest absolute Gasteiger partial charge is 0.493 e. The average Bonchev–Trinajstić information content (AvgIpc) is 3.11. The number of aryl methyl sites for hydroxylation is 1. The number of carbonyl (C=O) groups is 2. The molecule has 0 saturated heterocycles. The van der Waals surface area contributed by atoms with E-state index in [-0.39, 0.29) is 29.5 Å². The second-order valence-electron chi connectivity index (χ2n) is 8.48. The molecule has 1 aromatic heterocycles. The van der Waals surface area contributed by atoms with E-state index in [4.69, 9.17) is 14.2 Å². The van der Waals surface area contributed by atoms with E-state index in [0.29, 0.717) is 22.9 Å². The first-order valence-electron chi connectivity index (χ1n) is 11.0. The number of ether oxygens (including phenoxy) is 3. The van der Waals surface area contributed by atoms with Crippen LogP contribution < -0.4 is 14.4 Å². The van der Waals surface area contributed by atoms with Crippen LogP contribution in [0.1, 0.15) is 43.0 Å². The number of anilines is 1. The van der Waals surface area contributed by atoms with Crippen LogP contribution >= 0.6 is 0 Å². The number of fused-ring (bicyclic) bond motifs is 1. The Hall–Kier alpha value is -3.35. The van der Waals surface area contributed by atoms with Gasteiger partial charge in [0, 0.05) is 5.69 Å². The maximum atomic E-state index is 13.7. The molecule has 0 spiro atoms. The smallest absolute Gasteiger partial charge is 0.295 e. The third-order valence-electron chi connectivity index (χ3n) is 6.61. The van der Waals surface area contributed by atoms with Gasteiger partial charge in [-0.2, -0.15) is 0 Å². The van der Waals surface area contributed by atoms with Crippen molar-refractivity contribution in [2.24, 2.45) is 5.92 Å². The molecule has 3 heterocycles. The molecule has 2 aliphatic heterocycles. The van der Waals surface area contributed by atoms with Crippen molar-refractivity contribution in [3.8, 4) is 11.5 Å². The van der Waals surface area contributed by atoms with Gasteiger partial charge in [0.15, 0.2) is 23.0 Å². The molecule has 7 nitrogen and oxygen atoms in total. The SMILES string of the molecule is COc1ccc(C2C3=C(OC4CCCCC4C3=O)C(=O)N2c2cccc(C)n2)cc1OC. The Morgan fingerprint density at radius 2 is 1.81 bits per heavy atom. The van der Waals surface area contributed by atoms with Gasteiger partial charge in [-0.25, -0.2) is 4.98 Å². The Balaban J connectivity index is 1.68. The van der Waals surface area contributed by atoms with Crippen molar-refractivity contribution >= 4 is 17.5 Å². The number of pyridine rings is 1. The van der Waals surface area contributed by atoms with E-state index in [1.807, 2.05) is 31.2 Å². The molecule has 3 atom stereocenters. The predicted molar refractivity (Wildman–Crippen MR) is 118 cm³/mol. The molecule has 1 fully saturated rings. The Morgan fingerprint density at radius 1 is 1.03 bits per heavy atom. The number of amides is 1. The number of rotatable bonds is 4. The monoisotopic (exact) mass is 434 g/mol. The zero-order valence-electron chi connectivity index (χ0n) is 18.5. The number of methoxy groups -OCH3 is 2. The van der Waals surface area contributed by atoms with Crippen molar-refractivity contribution in [2.45, 2.75) is 44.8 Å². The van der Waals surface area contributed by atoms with Crippen molar-refractivity contribution in [1.29, 1.82) is 0 Å². The summed E-state index contributed by atoms with van der Waals surface area (Å²) in [5.74, 6) is 1.25. The van der Waals surface area contributed by atoms with Crippen LogP contribution in [0, 0.1) is 12.8 Å². The molecule has 7 heteroatoms. The van der Waals surface area contributed by atoms with Crippen LogP contribution in [0.4, 0.5) is 5.82 Å². The maximum Gasteiger partial charge on any atom is 0.295 e. The molecule has 0 N–H and O–H groups in total. The molecule has 1 aliphatic carbocycles. The first-order chi connectivity index (χ1) is 15.5. The van der Waals surface area contributed by atoms with E-state index in [9.17, 15) is 9.59 Å². The molecule has 1 amide bonds. The number of hydrogen-bond donors (Lipinski definition) is 0. The second kappa shape index (κ2) is 7.97. The highest BCUT2D eigenvalue weighted by Crippen LogP contribution is 2.48. The minimum absolute atomic E-state index is 0.0132.